The fourth-order valence-corrected chi connectivity index (χ4v) is 3.55. The number of nitrogens with one attached hydrogen (secondary N) is 1. The molecule has 1 amide bonds. The number of carbonyl (C=O) groups is 1. The average Bonchev–Trinajstić information content (AvgIpc) is 2.62. The first-order chi connectivity index (χ1) is 11.5. The van der Waals surface area contributed by atoms with Gasteiger partial charge in [-0.15, -0.1) is 0 Å². The smallest absolute Gasteiger partial charge is 0.264 e. The van der Waals surface area contributed by atoms with Gasteiger partial charge in [0.15, 0.2) is 0 Å². The summed E-state index contributed by atoms with van der Waals surface area (Å²) in [6, 6.07) is 9.52. The van der Waals surface area contributed by atoms with Crippen LogP contribution >= 0.6 is 0 Å². The highest BCUT2D eigenvalue weighted by Crippen LogP contribution is 2.23. The van der Waals surface area contributed by atoms with E-state index in [-0.39, 0.29) is 16.4 Å². The number of sulfonamides is 1. The maximum Gasteiger partial charge on any atom is 0.264 e. The molecule has 24 heavy (non-hydrogen) atoms. The molecule has 1 N–H and O–H groups in total. The second kappa shape index (κ2) is 7.92. The van der Waals surface area contributed by atoms with Crippen molar-refractivity contribution >= 4 is 21.6 Å². The maximum absolute atomic E-state index is 12.9. The van der Waals surface area contributed by atoms with Gasteiger partial charge in [0.05, 0.1) is 17.4 Å². The van der Waals surface area contributed by atoms with Gasteiger partial charge in [-0.2, -0.15) is 0 Å². The Balaban J connectivity index is 2.36. The van der Waals surface area contributed by atoms with Crippen LogP contribution in [0, 0.1) is 0 Å². The van der Waals surface area contributed by atoms with Crippen molar-refractivity contribution < 1.29 is 13.2 Å². The number of benzene rings is 1. The Hall–Kier alpha value is -2.41. The number of rotatable bonds is 7. The molecule has 0 unspecified atom stereocenters. The number of unbranched alkanes of at least 4 members (excludes halogenated alkanes) is 1. The molecule has 0 fully saturated rings. The first-order valence-electron chi connectivity index (χ1n) is 7.74. The van der Waals surface area contributed by atoms with Crippen LogP contribution in [0.3, 0.4) is 0 Å². The van der Waals surface area contributed by atoms with E-state index in [1.165, 1.54) is 25.4 Å². The molecule has 0 aliphatic heterocycles. The summed E-state index contributed by atoms with van der Waals surface area (Å²) in [7, 11) is -2.42. The summed E-state index contributed by atoms with van der Waals surface area (Å²) in [5.74, 6) is -0.387. The van der Waals surface area contributed by atoms with Crippen LogP contribution in [0.15, 0.2) is 53.7 Å². The number of amides is 1. The Morgan fingerprint density at radius 1 is 1.21 bits per heavy atom. The Morgan fingerprint density at radius 3 is 2.62 bits per heavy atom. The third-order valence-electron chi connectivity index (χ3n) is 3.60. The molecule has 2 aromatic rings. The van der Waals surface area contributed by atoms with Crippen molar-refractivity contribution in [2.75, 3.05) is 17.9 Å². The van der Waals surface area contributed by atoms with Gasteiger partial charge in [-0.05, 0) is 30.7 Å². The molecule has 7 heteroatoms. The Bertz CT molecular complexity index is 792. The van der Waals surface area contributed by atoms with Crippen LogP contribution in [0.4, 0.5) is 5.69 Å². The summed E-state index contributed by atoms with van der Waals surface area (Å²) in [6.45, 7) is 2.54. The fourth-order valence-electron chi connectivity index (χ4n) is 2.18. The minimum absolute atomic E-state index is 0.0228. The van der Waals surface area contributed by atoms with Crippen molar-refractivity contribution in [3.05, 3.63) is 54.4 Å². The highest BCUT2D eigenvalue weighted by Gasteiger charge is 2.26. The Kier molecular flexibility index (Phi) is 5.92. The molecular weight excluding hydrogens is 326 g/mol. The van der Waals surface area contributed by atoms with Crippen LogP contribution < -0.4 is 9.62 Å². The summed E-state index contributed by atoms with van der Waals surface area (Å²) in [5.41, 5.74) is 0.572. The SMILES string of the molecule is CCCCNC(=O)c1ccccc1S(=O)(=O)N(C)c1cccnc1. The van der Waals surface area contributed by atoms with Gasteiger partial charge in [0, 0.05) is 19.8 Å². The van der Waals surface area contributed by atoms with E-state index in [9.17, 15) is 13.2 Å². The van der Waals surface area contributed by atoms with E-state index in [2.05, 4.69) is 10.3 Å². The molecule has 0 aliphatic carbocycles. The van der Waals surface area contributed by atoms with Gasteiger partial charge in [-0.1, -0.05) is 25.5 Å². The van der Waals surface area contributed by atoms with E-state index in [4.69, 9.17) is 0 Å². The molecule has 0 spiro atoms. The Labute approximate surface area is 142 Å². The first-order valence-corrected chi connectivity index (χ1v) is 9.18. The lowest BCUT2D eigenvalue weighted by molar-refractivity contribution is 0.0950. The predicted octanol–water partition coefficient (Wildman–Crippen LogP) is 2.44. The van der Waals surface area contributed by atoms with E-state index < -0.39 is 10.0 Å². The molecule has 0 saturated carbocycles. The lowest BCUT2D eigenvalue weighted by Gasteiger charge is -2.20. The normalized spacial score (nSPS) is 11.1. The van der Waals surface area contributed by atoms with Crippen molar-refractivity contribution in [2.45, 2.75) is 24.7 Å². The number of carbonyl (C=O) groups excluding carboxylic acids is 1. The summed E-state index contributed by atoms with van der Waals surface area (Å²) < 4.78 is 26.9. The minimum atomic E-state index is -3.87. The van der Waals surface area contributed by atoms with Crippen LogP contribution in [-0.4, -0.2) is 32.9 Å². The van der Waals surface area contributed by atoms with Crippen LogP contribution in [0.5, 0.6) is 0 Å². The lowest BCUT2D eigenvalue weighted by atomic mass is 10.2. The summed E-state index contributed by atoms with van der Waals surface area (Å²) >= 11 is 0. The molecule has 0 atom stereocenters. The second-order valence-electron chi connectivity index (χ2n) is 5.29. The molecular formula is C17H21N3O3S. The topological polar surface area (TPSA) is 79.4 Å². The van der Waals surface area contributed by atoms with E-state index in [1.807, 2.05) is 6.92 Å². The van der Waals surface area contributed by atoms with Crippen molar-refractivity contribution in [2.24, 2.45) is 0 Å². The predicted molar refractivity (Wildman–Crippen MR) is 93.5 cm³/mol. The summed E-state index contributed by atoms with van der Waals surface area (Å²) in [5, 5.41) is 2.76. The lowest BCUT2D eigenvalue weighted by Crippen LogP contribution is -2.31. The maximum atomic E-state index is 12.9. The molecule has 128 valence electrons. The van der Waals surface area contributed by atoms with E-state index in [1.54, 1.807) is 30.5 Å². The summed E-state index contributed by atoms with van der Waals surface area (Å²) in [4.78, 5) is 16.3. The highest BCUT2D eigenvalue weighted by molar-refractivity contribution is 7.92. The van der Waals surface area contributed by atoms with Crippen molar-refractivity contribution in [1.29, 1.82) is 0 Å². The fraction of sp³-hybridized carbons (Fsp3) is 0.294. The zero-order valence-electron chi connectivity index (χ0n) is 13.8. The molecule has 6 nitrogen and oxygen atoms in total. The monoisotopic (exact) mass is 347 g/mol. The number of hydrogen-bond donors (Lipinski definition) is 1. The number of aromatic nitrogens is 1. The third kappa shape index (κ3) is 3.91. The van der Waals surface area contributed by atoms with Crippen LogP contribution in [0.1, 0.15) is 30.1 Å². The van der Waals surface area contributed by atoms with Crippen molar-refractivity contribution in [3.8, 4) is 0 Å². The summed E-state index contributed by atoms with van der Waals surface area (Å²) in [6.07, 6.45) is 4.82. The molecule has 0 aliphatic rings. The molecule has 1 heterocycles. The second-order valence-corrected chi connectivity index (χ2v) is 7.23. The van der Waals surface area contributed by atoms with Crippen molar-refractivity contribution in [1.82, 2.24) is 10.3 Å². The van der Waals surface area contributed by atoms with Gasteiger partial charge in [0.1, 0.15) is 4.90 Å². The van der Waals surface area contributed by atoms with Gasteiger partial charge < -0.3 is 5.32 Å². The molecule has 2 rings (SSSR count). The number of hydrogen-bond acceptors (Lipinski definition) is 4. The zero-order valence-corrected chi connectivity index (χ0v) is 14.6. The number of nitrogens with zero attached hydrogens (tertiary/aromatic N) is 2. The van der Waals surface area contributed by atoms with Crippen molar-refractivity contribution in [3.63, 3.8) is 0 Å². The van der Waals surface area contributed by atoms with E-state index in [0.717, 1.165) is 17.1 Å². The minimum Gasteiger partial charge on any atom is -0.352 e. The van der Waals surface area contributed by atoms with Crippen LogP contribution in [0.25, 0.3) is 0 Å². The van der Waals surface area contributed by atoms with Gasteiger partial charge >= 0.3 is 0 Å². The molecule has 0 bridgehead atoms. The zero-order chi connectivity index (χ0) is 17.6. The molecule has 1 aromatic carbocycles. The average molecular weight is 347 g/mol. The standard InChI is InChI=1S/C17H21N3O3S/c1-3-4-12-19-17(21)15-9-5-6-10-16(15)24(22,23)20(2)14-8-7-11-18-13-14/h5-11,13H,3-4,12H2,1-2H3,(H,19,21). The molecule has 0 saturated heterocycles. The largest absolute Gasteiger partial charge is 0.352 e. The van der Waals surface area contributed by atoms with Gasteiger partial charge in [-0.3, -0.25) is 14.1 Å². The van der Waals surface area contributed by atoms with Crippen LogP contribution in [0.2, 0.25) is 0 Å². The quantitative estimate of drug-likeness (QED) is 0.780. The van der Waals surface area contributed by atoms with E-state index in [0.29, 0.717) is 12.2 Å². The Morgan fingerprint density at radius 2 is 1.96 bits per heavy atom. The number of pyridine rings is 1. The number of anilines is 1. The van der Waals surface area contributed by atoms with Gasteiger partial charge in [0.25, 0.3) is 15.9 Å². The van der Waals surface area contributed by atoms with Gasteiger partial charge in [0.2, 0.25) is 0 Å². The first kappa shape index (κ1) is 17.9. The van der Waals surface area contributed by atoms with Crippen LogP contribution in [-0.2, 0) is 10.0 Å². The highest BCUT2D eigenvalue weighted by atomic mass is 32.2. The van der Waals surface area contributed by atoms with E-state index >= 15 is 0 Å². The molecule has 1 aromatic heterocycles. The molecule has 0 radical (unpaired) electrons. The van der Waals surface area contributed by atoms with Gasteiger partial charge in [-0.25, -0.2) is 8.42 Å². The third-order valence-corrected chi connectivity index (χ3v) is 5.44.